The molecule has 0 aliphatic rings. The highest BCUT2D eigenvalue weighted by atomic mass is 31.2. The van der Waals surface area contributed by atoms with Gasteiger partial charge < -0.3 is 13.7 Å². The SMILES string of the molecule is O=P(c1ccccc1)(c1ccccc1)c1ccc(-c2c3ccc4ccccc4c3nc3c2ccc2ccccc23)cc1.c1ccc(-c2ccc(-c3cc(-c4cc(-n5c6ccccc6c6ccccc65)cc(-n5c6ccccc6c6ccccc65)c4)nc(-c4ccccc4)n3)cc2)cc1.c1ccc(-n2c(-c3ccc(-c4c5ccc6ccccc6c5nc5c4ccc4ccccc45)cc3)nc3ccccc32)cc1. The molecule has 6 aromatic heterocycles. The summed E-state index contributed by atoms with van der Waals surface area (Å²) in [6.45, 7) is 0. The van der Waals surface area contributed by atoms with E-state index in [4.69, 9.17) is 24.9 Å². The molecule has 0 amide bonds. The van der Waals surface area contributed by atoms with E-state index < -0.39 is 7.14 Å². The van der Waals surface area contributed by atoms with Crippen LogP contribution in [0.2, 0.25) is 0 Å². The van der Waals surface area contributed by atoms with Gasteiger partial charge in [-0.25, -0.2) is 24.9 Å². The van der Waals surface area contributed by atoms with E-state index in [-0.39, 0.29) is 0 Å². The zero-order chi connectivity index (χ0) is 93.4. The number of para-hydroxylation sites is 7. The maximum Gasteiger partial charge on any atom is 0.171 e. The minimum absolute atomic E-state index is 0.686. The fraction of sp³-hybridized carbons (Fsp3) is 0. The van der Waals surface area contributed by atoms with E-state index in [1.807, 2.05) is 97.1 Å². The molecule has 0 fully saturated rings. The Kier molecular flexibility index (Phi) is 20.7. The molecule has 0 unspecified atom stereocenters. The third kappa shape index (κ3) is 14.6. The Morgan fingerprint density at radius 3 is 0.901 bits per heavy atom. The Morgan fingerprint density at radius 2 is 0.482 bits per heavy atom. The quantitative estimate of drug-likeness (QED) is 0.0648. The van der Waals surface area contributed by atoms with E-state index >= 15 is 0 Å². The maximum atomic E-state index is 15.0. The molecule has 28 aromatic rings. The van der Waals surface area contributed by atoms with Crippen molar-refractivity contribution in [2.45, 2.75) is 0 Å². The van der Waals surface area contributed by atoms with Crippen LogP contribution < -0.4 is 15.9 Å². The van der Waals surface area contributed by atoms with Crippen LogP contribution in [-0.4, -0.2) is 38.6 Å². The normalized spacial score (nSPS) is 11.7. The molecule has 0 spiro atoms. The van der Waals surface area contributed by atoms with Crippen LogP contribution in [0.25, 0.3) is 237 Å². The lowest BCUT2D eigenvalue weighted by Crippen LogP contribution is -2.24. The fourth-order valence-corrected chi connectivity index (χ4v) is 23.8. The second-order valence-electron chi connectivity index (χ2n) is 36.0. The van der Waals surface area contributed by atoms with Gasteiger partial charge in [0.15, 0.2) is 13.0 Å². The molecule has 0 radical (unpaired) electrons. The molecule has 141 heavy (non-hydrogen) atoms. The average Bonchev–Trinajstić information content (AvgIpc) is 1.65. The Morgan fingerprint density at radius 1 is 0.177 bits per heavy atom. The molecule has 0 saturated carbocycles. The third-order valence-corrected chi connectivity index (χ3v) is 30.9. The first-order valence-corrected chi connectivity index (χ1v) is 49.5. The van der Waals surface area contributed by atoms with Gasteiger partial charge in [-0.15, -0.1) is 0 Å². The van der Waals surface area contributed by atoms with Crippen molar-refractivity contribution in [1.82, 2.24) is 38.6 Å². The van der Waals surface area contributed by atoms with Crippen molar-refractivity contribution in [1.29, 1.82) is 0 Å². The van der Waals surface area contributed by atoms with Crippen LogP contribution in [0.5, 0.6) is 0 Å². The molecular formula is C131H85N8OP. The molecule has 0 atom stereocenters. The molecule has 28 rings (SSSR count). The first-order valence-electron chi connectivity index (χ1n) is 47.8. The smallest absolute Gasteiger partial charge is 0.171 e. The van der Waals surface area contributed by atoms with Crippen molar-refractivity contribution in [3.8, 4) is 95.7 Å². The standard InChI is InChI=1S/C52H34N4.C40H25N3.C39H26NOP/c1-3-15-35(16-4-1)36-27-29-37(30-28-36)46-34-47(54-52(53-46)38-17-5-2-6-18-38)39-31-40(55-48-23-11-7-19-42(48)43-20-8-12-24-49(43)55)33-41(32-39)56-50-25-13-9-21-44(50)45-22-10-14-26-51(45)56;1-2-12-30(13-3-1)43-36-17-9-8-16-35(36)41-40(43)29-20-18-28(19-21-29)37-33-24-22-26-10-4-6-14-31(26)38(33)42-39-32-15-7-5-11-27(32)23-25-34(37)39;41-42(30-13-3-1-4-14-30,31-15-5-2-6-16-31)32-23-19-29(20-24-32)37-35-25-21-27-11-7-9-17-33(27)38(35)40-39-34-18-10-8-12-28(34)22-26-36(37)39/h1-34H;1-25H;1-26H. The third-order valence-electron chi connectivity index (χ3n) is 27.8. The molecule has 10 heteroatoms. The number of aromatic nitrogens is 8. The molecule has 0 saturated heterocycles. The fourth-order valence-electron chi connectivity index (χ4n) is 21.2. The summed E-state index contributed by atoms with van der Waals surface area (Å²) in [5.74, 6) is 1.62. The van der Waals surface area contributed by atoms with E-state index in [0.717, 1.165) is 177 Å². The highest BCUT2D eigenvalue weighted by molar-refractivity contribution is 7.85. The first-order chi connectivity index (χ1) is 69.8. The summed E-state index contributed by atoms with van der Waals surface area (Å²) in [4.78, 5) is 26.3. The van der Waals surface area contributed by atoms with Gasteiger partial charge in [-0.1, -0.05) is 443 Å². The van der Waals surface area contributed by atoms with Crippen molar-refractivity contribution >= 4 is 164 Å². The number of hydrogen-bond donors (Lipinski definition) is 0. The molecule has 6 heterocycles. The van der Waals surface area contributed by atoms with Crippen LogP contribution in [0.1, 0.15) is 0 Å². The van der Waals surface area contributed by atoms with Crippen molar-refractivity contribution in [3.05, 3.63) is 516 Å². The van der Waals surface area contributed by atoms with Crippen LogP contribution in [0.3, 0.4) is 0 Å². The lowest BCUT2D eigenvalue weighted by molar-refractivity contribution is 0.592. The summed E-state index contributed by atoms with van der Waals surface area (Å²) < 4.78 is 22.0. The average molecular weight is 1820 g/mol. The van der Waals surface area contributed by atoms with Crippen LogP contribution in [0.15, 0.2) is 516 Å². The van der Waals surface area contributed by atoms with Crippen LogP contribution in [0, 0.1) is 0 Å². The van der Waals surface area contributed by atoms with Crippen LogP contribution in [0.4, 0.5) is 0 Å². The minimum Gasteiger partial charge on any atom is -0.309 e. The van der Waals surface area contributed by atoms with Gasteiger partial charge in [0.05, 0.1) is 66.6 Å². The lowest BCUT2D eigenvalue weighted by atomic mass is 9.92. The van der Waals surface area contributed by atoms with Gasteiger partial charge in [0.25, 0.3) is 0 Å². The van der Waals surface area contributed by atoms with E-state index in [2.05, 4.69) is 432 Å². The molecule has 0 aliphatic heterocycles. The number of rotatable bonds is 13. The Bertz CT molecular complexity index is 9350. The number of pyridine rings is 2. The van der Waals surface area contributed by atoms with E-state index in [0.29, 0.717) is 5.82 Å². The highest BCUT2D eigenvalue weighted by Gasteiger charge is 2.31. The Balaban J connectivity index is 0.000000110. The number of nitrogens with zero attached hydrogens (tertiary/aromatic N) is 8. The monoisotopic (exact) mass is 1820 g/mol. The zero-order valence-corrected chi connectivity index (χ0v) is 77.4. The number of hydrogen-bond acceptors (Lipinski definition) is 6. The van der Waals surface area contributed by atoms with Gasteiger partial charge >= 0.3 is 0 Å². The summed E-state index contributed by atoms with van der Waals surface area (Å²) in [5, 5.41) is 21.3. The predicted molar refractivity (Wildman–Crippen MR) is 591 cm³/mol. The number of benzene rings is 22. The van der Waals surface area contributed by atoms with Crippen molar-refractivity contribution in [2.24, 2.45) is 0 Å². The molecule has 22 aromatic carbocycles. The zero-order valence-electron chi connectivity index (χ0n) is 76.5. The predicted octanol–water partition coefficient (Wildman–Crippen LogP) is 32.7. The van der Waals surface area contributed by atoms with Crippen molar-refractivity contribution < 1.29 is 4.57 Å². The highest BCUT2D eigenvalue weighted by Crippen LogP contribution is 2.48. The Labute approximate surface area is 813 Å². The maximum absolute atomic E-state index is 15.0. The van der Waals surface area contributed by atoms with Gasteiger partial charge in [0, 0.05) is 131 Å². The topological polar surface area (TPSA) is 96.3 Å². The largest absolute Gasteiger partial charge is 0.309 e. The molecule has 9 nitrogen and oxygen atoms in total. The summed E-state index contributed by atoms with van der Waals surface area (Å²) in [5.41, 5.74) is 26.7. The number of imidazole rings is 1. The second kappa shape index (κ2) is 35.1. The van der Waals surface area contributed by atoms with E-state index in [9.17, 15) is 4.57 Å². The molecule has 0 N–H and O–H groups in total. The molecule has 660 valence electrons. The van der Waals surface area contributed by atoms with Gasteiger partial charge in [-0.2, -0.15) is 0 Å². The van der Waals surface area contributed by atoms with Crippen molar-refractivity contribution in [2.75, 3.05) is 0 Å². The molecule has 0 aliphatic carbocycles. The lowest BCUT2D eigenvalue weighted by Gasteiger charge is -2.20. The van der Waals surface area contributed by atoms with E-state index in [1.54, 1.807) is 0 Å². The van der Waals surface area contributed by atoms with Gasteiger partial charge in [0.2, 0.25) is 0 Å². The van der Waals surface area contributed by atoms with Gasteiger partial charge in [0.1, 0.15) is 5.82 Å². The van der Waals surface area contributed by atoms with Crippen LogP contribution >= 0.6 is 7.14 Å². The van der Waals surface area contributed by atoms with Crippen molar-refractivity contribution in [3.63, 3.8) is 0 Å². The molecule has 0 bridgehead atoms. The minimum atomic E-state index is -3.06. The van der Waals surface area contributed by atoms with Crippen LogP contribution in [-0.2, 0) is 4.57 Å². The van der Waals surface area contributed by atoms with Gasteiger partial charge in [-0.3, -0.25) is 4.57 Å². The van der Waals surface area contributed by atoms with Gasteiger partial charge in [-0.05, 0) is 117 Å². The summed E-state index contributed by atoms with van der Waals surface area (Å²) >= 11 is 0. The summed E-state index contributed by atoms with van der Waals surface area (Å²) in [7, 11) is -3.06. The molecular weight excluding hydrogens is 1730 g/mol. The first kappa shape index (κ1) is 83.2. The second-order valence-corrected chi connectivity index (χ2v) is 38.7. The van der Waals surface area contributed by atoms with E-state index in [1.165, 1.54) is 70.6 Å². The Hall–Kier alpha value is -18.4. The summed E-state index contributed by atoms with van der Waals surface area (Å²) in [6, 6.07) is 181. The summed E-state index contributed by atoms with van der Waals surface area (Å²) in [6.07, 6.45) is 0. The number of fused-ring (bicyclic) bond motifs is 19.